The third kappa shape index (κ3) is 1.78. The van der Waals surface area contributed by atoms with Gasteiger partial charge < -0.3 is 0 Å². The molecule has 0 saturated carbocycles. The Morgan fingerprint density at radius 3 is 2.25 bits per heavy atom. The molecule has 0 heterocycles. The fourth-order valence-electron chi connectivity index (χ4n) is 0.534. The number of aryl methyl sites for hydroxylation is 1. The van der Waals surface area contributed by atoms with E-state index in [2.05, 4.69) is 19.1 Å². The lowest BCUT2D eigenvalue weighted by Gasteiger charge is -1.82. The van der Waals surface area contributed by atoms with E-state index in [1.807, 2.05) is 18.2 Å². The molecule has 0 radical (unpaired) electrons. The molecule has 48 valence electrons. The Hall–Kier alpha value is -0.780. The summed E-state index contributed by atoms with van der Waals surface area (Å²) in [5.74, 6) is 0. The third-order valence-electron chi connectivity index (χ3n) is 0.940. The molecule has 0 N–H and O–H groups in total. The topological polar surface area (TPSA) is 0 Å². The van der Waals surface area contributed by atoms with Gasteiger partial charge in [0.1, 0.15) is 0 Å². The van der Waals surface area contributed by atoms with E-state index < -0.39 is 0 Å². The largest absolute Gasteiger partial charge is 0.0776 e. The van der Waals surface area contributed by atoms with Gasteiger partial charge in [-0.1, -0.05) is 43.3 Å². The van der Waals surface area contributed by atoms with Crippen molar-refractivity contribution in [3.05, 3.63) is 35.9 Å². The van der Waals surface area contributed by atoms with Gasteiger partial charge in [0, 0.05) is 7.31 Å². The second-order valence-electron chi connectivity index (χ2n) is 1.65. The normalized spacial score (nSPS) is 10.5. The van der Waals surface area contributed by atoms with Gasteiger partial charge in [0.05, 0.1) is 0 Å². The van der Waals surface area contributed by atoms with Crippen LogP contribution in [0.15, 0.2) is 30.3 Å². The number of benzene rings is 1. The van der Waals surface area contributed by atoms with Crippen LogP contribution in [0.5, 0.6) is 0 Å². The average Bonchev–Trinajstić information content (AvgIpc) is 2.28. The van der Waals surface area contributed by atoms with Crippen LogP contribution in [-0.2, 0) is 0 Å². The summed E-state index contributed by atoms with van der Waals surface area (Å²) in [7, 11) is 1.25. The summed E-state index contributed by atoms with van der Waals surface area (Å²) in [6.45, 7) is 2.08. The lowest BCUT2D eigenvalue weighted by Crippen LogP contribution is -1.62. The molecule has 8 heavy (non-hydrogen) atoms. The molecule has 0 spiro atoms. The Labute approximate surface area is 58.7 Å². The SMILES string of the molecule is Cc1ccccc1.[2H]C.[2H][2H].[2H][2H]. The van der Waals surface area contributed by atoms with Gasteiger partial charge in [0.2, 0.25) is 0 Å². The molecule has 0 aliphatic heterocycles. The summed E-state index contributed by atoms with van der Waals surface area (Å²) in [5.41, 5.74) is 1.32. The van der Waals surface area contributed by atoms with Crippen molar-refractivity contribution in [2.75, 3.05) is 0 Å². The van der Waals surface area contributed by atoms with Crippen LogP contribution in [0.3, 0.4) is 0 Å². The fourth-order valence-corrected chi connectivity index (χ4v) is 0.534. The first kappa shape index (κ1) is 3.29. The zero-order valence-electron chi connectivity index (χ0n) is 10.4. The van der Waals surface area contributed by atoms with E-state index in [4.69, 9.17) is 7.31 Å². The maximum absolute atomic E-state index is 5.75. The highest BCUT2D eigenvalue weighted by molar-refractivity contribution is 5.11. The van der Waals surface area contributed by atoms with Crippen LogP contribution < -0.4 is 0 Å². The molecule has 0 aromatic heterocycles. The first-order chi connectivity index (χ1) is 6.39. The van der Waals surface area contributed by atoms with Crippen molar-refractivity contribution < 1.29 is 7.31 Å². The van der Waals surface area contributed by atoms with Gasteiger partial charge in [0.15, 0.2) is 0 Å². The van der Waals surface area contributed by atoms with E-state index in [0.717, 1.165) is 0 Å². The molecule has 0 heteroatoms. The lowest BCUT2D eigenvalue weighted by molar-refractivity contribution is 1.48. The molecule has 0 amide bonds. The van der Waals surface area contributed by atoms with Gasteiger partial charge >= 0.3 is 0 Å². The van der Waals surface area contributed by atoms with Crippen molar-refractivity contribution in [3.63, 3.8) is 0 Å². The molecule has 1 aromatic carbocycles. The van der Waals surface area contributed by atoms with Crippen molar-refractivity contribution in [1.29, 1.82) is 0 Å². The molecule has 0 bridgehead atoms. The van der Waals surface area contributed by atoms with E-state index in [1.165, 1.54) is 13.0 Å². The van der Waals surface area contributed by atoms with E-state index >= 15 is 0 Å². The molecule has 0 nitrogen and oxygen atoms in total. The zero-order chi connectivity index (χ0) is 11.1. The summed E-state index contributed by atoms with van der Waals surface area (Å²) in [6.07, 6.45) is 0. The van der Waals surface area contributed by atoms with Crippen LogP contribution in [0, 0.1) is 6.92 Å². The number of hydrogen-bond donors (Lipinski definition) is 0. The molecule has 1 rings (SSSR count). The van der Waals surface area contributed by atoms with Gasteiger partial charge in [-0.25, -0.2) is 0 Å². The zero-order valence-corrected chi connectivity index (χ0v) is 5.39. The van der Waals surface area contributed by atoms with Crippen LogP contribution >= 0.6 is 0 Å². The predicted molar refractivity (Wildman–Crippen MR) is 42.1 cm³/mol. The second kappa shape index (κ2) is 3.25. The highest BCUT2D eigenvalue weighted by Gasteiger charge is 1.72. The molecule has 0 saturated heterocycles. The first-order valence-electron chi connectivity index (χ1n) is 5.41. The quantitative estimate of drug-likeness (QED) is 0.489. The molecule has 1 aromatic rings. The maximum Gasteiger partial charge on any atom is 0.0194 e. The van der Waals surface area contributed by atoms with Crippen LogP contribution in [0.4, 0.5) is 0 Å². The summed E-state index contributed by atoms with van der Waals surface area (Å²) in [4.78, 5) is 0. The van der Waals surface area contributed by atoms with Gasteiger partial charge in [-0.05, 0) is 6.92 Å². The van der Waals surface area contributed by atoms with Crippen molar-refractivity contribution in [2.24, 2.45) is 0 Å². The van der Waals surface area contributed by atoms with E-state index in [9.17, 15) is 0 Å². The maximum atomic E-state index is 5.75. The minimum absolute atomic E-state index is 1.25. The van der Waals surface area contributed by atoms with Crippen LogP contribution in [0.2, 0.25) is 0 Å². The molecular formula is C8H16. The van der Waals surface area contributed by atoms with E-state index in [1.54, 1.807) is 0 Å². The number of hydrogen-bond acceptors (Lipinski definition) is 0. The summed E-state index contributed by atoms with van der Waals surface area (Å²) in [5, 5.41) is 0. The first-order valence-corrected chi connectivity index (χ1v) is 2.41. The molecular weight excluding hydrogens is 96.1 g/mol. The highest BCUT2D eigenvalue weighted by atomic mass is 13.8. The summed E-state index contributed by atoms with van der Waals surface area (Å²) < 4.78 is 25.8. The van der Waals surface area contributed by atoms with Gasteiger partial charge in [-0.2, -0.15) is 0 Å². The average molecular weight is 117 g/mol. The van der Waals surface area contributed by atoms with Crippen LogP contribution in [0.1, 0.15) is 20.3 Å². The van der Waals surface area contributed by atoms with Gasteiger partial charge in [0.25, 0.3) is 0 Å². The molecule has 0 aliphatic rings. The predicted octanol–water partition coefficient (Wildman–Crippen LogP) is 3.12. The molecule has 0 atom stereocenters. The van der Waals surface area contributed by atoms with E-state index in [-0.39, 0.29) is 0 Å². The molecule has 0 fully saturated rings. The van der Waals surface area contributed by atoms with Crippen molar-refractivity contribution >= 4 is 0 Å². The smallest absolute Gasteiger partial charge is 0.0194 e. The Morgan fingerprint density at radius 1 is 1.50 bits per heavy atom. The van der Waals surface area contributed by atoms with Crippen LogP contribution in [-0.4, -0.2) is 0 Å². The third-order valence-corrected chi connectivity index (χ3v) is 0.940. The fraction of sp³-hybridized carbons (Fsp3) is 0.250. The highest BCUT2D eigenvalue weighted by Crippen LogP contribution is 1.92. The van der Waals surface area contributed by atoms with Crippen molar-refractivity contribution in [3.8, 4) is 0 Å². The summed E-state index contributed by atoms with van der Waals surface area (Å²) >= 11 is 0. The standard InChI is InChI=1S/C7H8.CH4.2H2/c1-7-5-3-2-4-6-7;;;/h2-6H,1H3;1H4;2*1H/i;1D;2*1+1D. The minimum atomic E-state index is 1.25. The Bertz CT molecular complexity index is 142. The molecule has 0 aliphatic carbocycles. The minimum Gasteiger partial charge on any atom is -0.0776 e. The summed E-state index contributed by atoms with van der Waals surface area (Å²) in [6, 6.07) is 10.3. The Balaban J connectivity index is -0.000000144. The monoisotopic (exact) mass is 117 g/mol. The van der Waals surface area contributed by atoms with Crippen LogP contribution in [0.25, 0.3) is 0 Å². The van der Waals surface area contributed by atoms with Crippen molar-refractivity contribution in [2.45, 2.75) is 14.3 Å². The molecule has 0 unspecified atom stereocenters. The van der Waals surface area contributed by atoms with Crippen molar-refractivity contribution in [1.82, 2.24) is 0 Å². The van der Waals surface area contributed by atoms with Gasteiger partial charge in [-0.15, -0.1) is 0 Å². The Morgan fingerprint density at radius 2 is 2.00 bits per heavy atom. The number of rotatable bonds is 0. The lowest BCUT2D eigenvalue weighted by atomic mass is 10.2. The Kier molecular flexibility index (Phi) is 1.34. The second-order valence-corrected chi connectivity index (χ2v) is 1.65. The van der Waals surface area contributed by atoms with E-state index in [0.29, 0.717) is 0 Å². The van der Waals surface area contributed by atoms with Gasteiger partial charge in [-0.3, -0.25) is 0 Å².